The lowest BCUT2D eigenvalue weighted by Crippen LogP contribution is -2.04. The smallest absolute Gasteiger partial charge is 0.243 e. The third-order valence-corrected chi connectivity index (χ3v) is 2.29. The molecule has 5 heteroatoms. The highest BCUT2D eigenvalue weighted by Crippen LogP contribution is 2.19. The first kappa shape index (κ1) is 8.40. The highest BCUT2D eigenvalue weighted by molar-refractivity contribution is 7.08. The molecule has 0 aliphatic carbocycles. The lowest BCUT2D eigenvalue weighted by Gasteiger charge is -1.92. The number of hydrogen-bond acceptors (Lipinski definition) is 5. The van der Waals surface area contributed by atoms with Gasteiger partial charge in [0, 0.05) is 10.9 Å². The van der Waals surface area contributed by atoms with Gasteiger partial charge >= 0.3 is 0 Å². The van der Waals surface area contributed by atoms with Crippen molar-refractivity contribution in [2.75, 3.05) is 0 Å². The molecule has 0 saturated heterocycles. The third-order valence-electron chi connectivity index (χ3n) is 1.61. The van der Waals surface area contributed by atoms with Gasteiger partial charge < -0.3 is 10.3 Å². The summed E-state index contributed by atoms with van der Waals surface area (Å²) < 4.78 is 4.97. The van der Waals surface area contributed by atoms with E-state index in [4.69, 9.17) is 10.3 Å². The Kier molecular flexibility index (Phi) is 2.12. The van der Waals surface area contributed by atoms with Crippen molar-refractivity contribution in [1.82, 2.24) is 10.1 Å². The number of aromatic nitrogens is 2. The summed E-state index contributed by atoms with van der Waals surface area (Å²) in [5.41, 5.74) is 6.56. The number of hydrogen-bond donors (Lipinski definition) is 1. The molecule has 2 N–H and O–H groups in total. The van der Waals surface area contributed by atoms with Crippen LogP contribution >= 0.6 is 11.3 Å². The minimum atomic E-state index is -0.208. The van der Waals surface area contributed by atoms with Crippen LogP contribution in [0.3, 0.4) is 0 Å². The van der Waals surface area contributed by atoms with E-state index in [1.165, 1.54) is 0 Å². The van der Waals surface area contributed by atoms with Gasteiger partial charge in [-0.3, -0.25) is 0 Å². The maximum atomic E-state index is 5.59. The number of nitrogens with zero attached hydrogens (tertiary/aromatic N) is 2. The van der Waals surface area contributed by atoms with E-state index in [0.29, 0.717) is 11.7 Å². The van der Waals surface area contributed by atoms with E-state index in [1.807, 2.05) is 23.8 Å². The molecule has 0 bridgehead atoms. The molecule has 0 aliphatic rings. The van der Waals surface area contributed by atoms with Crippen molar-refractivity contribution in [1.29, 1.82) is 0 Å². The molecule has 0 aromatic carbocycles. The van der Waals surface area contributed by atoms with Crippen molar-refractivity contribution >= 4 is 11.3 Å². The van der Waals surface area contributed by atoms with E-state index in [1.54, 1.807) is 11.3 Å². The van der Waals surface area contributed by atoms with E-state index in [-0.39, 0.29) is 6.04 Å². The maximum Gasteiger partial charge on any atom is 0.243 e. The van der Waals surface area contributed by atoms with Crippen LogP contribution in [0.25, 0.3) is 11.4 Å². The first-order chi connectivity index (χ1) is 6.27. The van der Waals surface area contributed by atoms with E-state index < -0.39 is 0 Å². The molecule has 2 aromatic heterocycles. The van der Waals surface area contributed by atoms with Gasteiger partial charge in [-0.05, 0) is 18.4 Å². The average molecular weight is 195 g/mol. The van der Waals surface area contributed by atoms with Gasteiger partial charge in [0.1, 0.15) is 0 Å². The number of thiophene rings is 1. The van der Waals surface area contributed by atoms with Gasteiger partial charge in [0.05, 0.1) is 6.04 Å². The highest BCUT2D eigenvalue weighted by atomic mass is 32.1. The Balaban J connectivity index is 2.33. The van der Waals surface area contributed by atoms with Crippen molar-refractivity contribution in [2.45, 2.75) is 13.0 Å². The van der Waals surface area contributed by atoms with Crippen molar-refractivity contribution in [2.24, 2.45) is 5.73 Å². The van der Waals surface area contributed by atoms with Crippen molar-refractivity contribution in [3.8, 4) is 11.4 Å². The SMILES string of the molecule is C[C@H](N)c1nc(-c2ccsc2)no1. The van der Waals surface area contributed by atoms with E-state index in [9.17, 15) is 0 Å². The summed E-state index contributed by atoms with van der Waals surface area (Å²) in [5, 5.41) is 7.76. The molecule has 0 amide bonds. The fourth-order valence-electron chi connectivity index (χ4n) is 0.929. The van der Waals surface area contributed by atoms with Crippen molar-refractivity contribution in [3.05, 3.63) is 22.7 Å². The fourth-order valence-corrected chi connectivity index (χ4v) is 1.56. The molecule has 0 radical (unpaired) electrons. The largest absolute Gasteiger partial charge is 0.337 e. The molecule has 4 nitrogen and oxygen atoms in total. The minimum Gasteiger partial charge on any atom is -0.337 e. The summed E-state index contributed by atoms with van der Waals surface area (Å²) in [6.45, 7) is 1.81. The van der Waals surface area contributed by atoms with Gasteiger partial charge in [-0.2, -0.15) is 16.3 Å². The number of rotatable bonds is 2. The summed E-state index contributed by atoms with van der Waals surface area (Å²) in [7, 11) is 0. The quantitative estimate of drug-likeness (QED) is 0.793. The maximum absolute atomic E-state index is 5.59. The summed E-state index contributed by atoms with van der Waals surface area (Å²) >= 11 is 1.60. The summed E-state index contributed by atoms with van der Waals surface area (Å²) in [6, 6.07) is 1.74. The second-order valence-corrected chi connectivity index (χ2v) is 3.54. The Labute approximate surface area is 79.4 Å². The molecule has 1 atom stereocenters. The van der Waals surface area contributed by atoms with Crippen LogP contribution in [-0.4, -0.2) is 10.1 Å². The van der Waals surface area contributed by atoms with E-state index in [0.717, 1.165) is 5.56 Å². The Bertz CT molecular complexity index is 380. The molecule has 2 rings (SSSR count). The molecular formula is C8H9N3OS. The molecule has 0 saturated carbocycles. The summed E-state index contributed by atoms with van der Waals surface area (Å²) in [6.07, 6.45) is 0. The van der Waals surface area contributed by atoms with Crippen molar-refractivity contribution < 1.29 is 4.52 Å². The predicted molar refractivity (Wildman–Crippen MR) is 50.2 cm³/mol. The Morgan fingerprint density at radius 2 is 2.46 bits per heavy atom. The molecule has 0 unspecified atom stereocenters. The third kappa shape index (κ3) is 1.61. The van der Waals surface area contributed by atoms with E-state index >= 15 is 0 Å². The van der Waals surface area contributed by atoms with Crippen LogP contribution in [0.5, 0.6) is 0 Å². The second-order valence-electron chi connectivity index (χ2n) is 2.76. The Hall–Kier alpha value is -1.20. The van der Waals surface area contributed by atoms with Crippen LogP contribution in [0.15, 0.2) is 21.3 Å². The van der Waals surface area contributed by atoms with Gasteiger partial charge in [0.25, 0.3) is 0 Å². The fraction of sp³-hybridized carbons (Fsp3) is 0.250. The normalized spacial score (nSPS) is 13.1. The zero-order chi connectivity index (χ0) is 9.26. The van der Waals surface area contributed by atoms with Crippen LogP contribution < -0.4 is 5.73 Å². The number of nitrogens with two attached hydrogens (primary N) is 1. The average Bonchev–Trinajstić information content (AvgIpc) is 2.75. The summed E-state index contributed by atoms with van der Waals surface area (Å²) in [4.78, 5) is 4.16. The first-order valence-electron chi connectivity index (χ1n) is 3.89. The Morgan fingerprint density at radius 3 is 3.00 bits per heavy atom. The van der Waals surface area contributed by atoms with Crippen molar-refractivity contribution in [3.63, 3.8) is 0 Å². The van der Waals surface area contributed by atoms with Crippen LogP contribution in [-0.2, 0) is 0 Å². The van der Waals surface area contributed by atoms with Crippen LogP contribution in [0.1, 0.15) is 18.9 Å². The lowest BCUT2D eigenvalue weighted by atomic mass is 10.3. The van der Waals surface area contributed by atoms with Gasteiger partial charge in [-0.15, -0.1) is 0 Å². The highest BCUT2D eigenvalue weighted by Gasteiger charge is 2.11. The molecule has 0 spiro atoms. The molecule has 2 heterocycles. The molecule has 13 heavy (non-hydrogen) atoms. The molecular weight excluding hydrogens is 186 g/mol. The second kappa shape index (κ2) is 3.27. The van der Waals surface area contributed by atoms with Gasteiger partial charge in [0.15, 0.2) is 0 Å². The minimum absolute atomic E-state index is 0.208. The van der Waals surface area contributed by atoms with Gasteiger partial charge in [-0.1, -0.05) is 5.16 Å². The van der Waals surface area contributed by atoms with Crippen LogP contribution in [0.4, 0.5) is 0 Å². The van der Waals surface area contributed by atoms with Crippen LogP contribution in [0.2, 0.25) is 0 Å². The standard InChI is InChI=1S/C8H9N3OS/c1-5(9)8-10-7(11-12-8)6-2-3-13-4-6/h2-5H,9H2,1H3/t5-/m0/s1. The molecule has 0 fully saturated rings. The van der Waals surface area contributed by atoms with E-state index in [2.05, 4.69) is 10.1 Å². The first-order valence-corrected chi connectivity index (χ1v) is 4.83. The zero-order valence-corrected chi connectivity index (χ0v) is 7.91. The summed E-state index contributed by atoms with van der Waals surface area (Å²) in [5.74, 6) is 1.08. The van der Waals surface area contributed by atoms with Gasteiger partial charge in [0.2, 0.25) is 11.7 Å². The lowest BCUT2D eigenvalue weighted by molar-refractivity contribution is 0.362. The van der Waals surface area contributed by atoms with Gasteiger partial charge in [-0.25, -0.2) is 0 Å². The zero-order valence-electron chi connectivity index (χ0n) is 7.10. The molecule has 2 aromatic rings. The monoisotopic (exact) mass is 195 g/mol. The Morgan fingerprint density at radius 1 is 1.62 bits per heavy atom. The predicted octanol–water partition coefficient (Wildman–Crippen LogP) is 1.82. The molecule has 0 aliphatic heterocycles. The molecule has 68 valence electrons. The van der Waals surface area contributed by atoms with Crippen LogP contribution in [0, 0.1) is 0 Å². The topological polar surface area (TPSA) is 64.9 Å².